The maximum Gasteiger partial charge on any atom is 0.407 e. The zero-order valence-corrected chi connectivity index (χ0v) is 12.8. The van der Waals surface area contributed by atoms with Crippen molar-refractivity contribution in [2.24, 2.45) is 23.2 Å². The van der Waals surface area contributed by atoms with Gasteiger partial charge in [0, 0.05) is 13.1 Å². The predicted octanol–water partition coefficient (Wildman–Crippen LogP) is 4.37. The fourth-order valence-corrected chi connectivity index (χ4v) is 5.81. The molecule has 0 aromatic heterocycles. The molecule has 0 radical (unpaired) electrons. The van der Waals surface area contributed by atoms with Gasteiger partial charge in [-0.25, -0.2) is 4.79 Å². The van der Waals surface area contributed by atoms with Crippen LogP contribution >= 0.6 is 0 Å². The van der Waals surface area contributed by atoms with Gasteiger partial charge in [0.1, 0.15) is 0 Å². The van der Waals surface area contributed by atoms with Gasteiger partial charge in [-0.1, -0.05) is 6.92 Å². The molecule has 4 aliphatic rings. The Morgan fingerprint density at radius 2 is 1.65 bits per heavy atom. The average molecular weight is 279 g/mol. The fourth-order valence-electron chi connectivity index (χ4n) is 5.81. The topological polar surface area (TPSA) is 40.5 Å². The first-order valence-corrected chi connectivity index (χ1v) is 8.58. The van der Waals surface area contributed by atoms with Crippen molar-refractivity contribution in [2.75, 3.05) is 13.1 Å². The molecule has 1 N–H and O–H groups in total. The summed E-state index contributed by atoms with van der Waals surface area (Å²) in [5.74, 6) is 3.02. The highest BCUT2D eigenvalue weighted by Gasteiger charge is 2.50. The van der Waals surface area contributed by atoms with Crippen molar-refractivity contribution in [3.05, 3.63) is 0 Å². The molecule has 4 aliphatic carbocycles. The number of hydrogen-bond acceptors (Lipinski definition) is 1. The van der Waals surface area contributed by atoms with Crippen LogP contribution < -0.4 is 0 Å². The number of hydrogen-bond donors (Lipinski definition) is 1. The minimum Gasteiger partial charge on any atom is -0.465 e. The van der Waals surface area contributed by atoms with E-state index in [-0.39, 0.29) is 0 Å². The third kappa shape index (κ3) is 2.82. The smallest absolute Gasteiger partial charge is 0.407 e. The van der Waals surface area contributed by atoms with Gasteiger partial charge in [0.25, 0.3) is 0 Å². The molecule has 4 rings (SSSR count). The monoisotopic (exact) mass is 279 g/mol. The van der Waals surface area contributed by atoms with Crippen LogP contribution in [0, 0.1) is 23.2 Å². The standard InChI is InChI=1S/C17H29NO2/c1-2-5-18(16(19)20)6-3-4-17-10-13-7-14(11-17)9-15(8-13)12-17/h13-15H,2-12H2,1H3,(H,19,20). The lowest BCUT2D eigenvalue weighted by Gasteiger charge is -2.57. The van der Waals surface area contributed by atoms with E-state index in [1.807, 2.05) is 0 Å². The van der Waals surface area contributed by atoms with Crippen LogP contribution in [0.4, 0.5) is 4.79 Å². The minimum atomic E-state index is -0.739. The van der Waals surface area contributed by atoms with Crippen LogP contribution in [0.15, 0.2) is 0 Å². The summed E-state index contributed by atoms with van der Waals surface area (Å²) in [6, 6.07) is 0. The van der Waals surface area contributed by atoms with Crippen molar-refractivity contribution in [1.29, 1.82) is 0 Å². The summed E-state index contributed by atoms with van der Waals surface area (Å²) in [7, 11) is 0. The van der Waals surface area contributed by atoms with Crippen molar-refractivity contribution < 1.29 is 9.90 Å². The second-order valence-corrected chi connectivity index (χ2v) is 7.79. The molecule has 0 aromatic rings. The van der Waals surface area contributed by atoms with Gasteiger partial charge in [0.15, 0.2) is 0 Å². The first kappa shape index (κ1) is 14.2. The summed E-state index contributed by atoms with van der Waals surface area (Å²) in [5.41, 5.74) is 0.602. The van der Waals surface area contributed by atoms with E-state index in [4.69, 9.17) is 0 Å². The maximum atomic E-state index is 11.2. The van der Waals surface area contributed by atoms with Gasteiger partial charge in [-0.3, -0.25) is 0 Å². The van der Waals surface area contributed by atoms with Crippen LogP contribution in [0.25, 0.3) is 0 Å². The Bertz CT molecular complexity index is 331. The maximum absolute atomic E-state index is 11.2. The van der Waals surface area contributed by atoms with Crippen LogP contribution in [0.1, 0.15) is 64.7 Å². The first-order chi connectivity index (χ1) is 9.60. The van der Waals surface area contributed by atoms with Crippen LogP contribution in [-0.4, -0.2) is 29.2 Å². The van der Waals surface area contributed by atoms with E-state index >= 15 is 0 Å². The van der Waals surface area contributed by atoms with E-state index in [2.05, 4.69) is 6.92 Å². The second-order valence-electron chi connectivity index (χ2n) is 7.79. The quantitative estimate of drug-likeness (QED) is 0.784. The largest absolute Gasteiger partial charge is 0.465 e. The summed E-state index contributed by atoms with van der Waals surface area (Å²) in [4.78, 5) is 12.8. The van der Waals surface area contributed by atoms with Gasteiger partial charge in [-0.15, -0.1) is 0 Å². The lowest BCUT2D eigenvalue weighted by Crippen LogP contribution is -2.46. The summed E-state index contributed by atoms with van der Waals surface area (Å²) in [6.45, 7) is 3.48. The average Bonchev–Trinajstić information content (AvgIpc) is 2.35. The van der Waals surface area contributed by atoms with Gasteiger partial charge < -0.3 is 10.0 Å². The van der Waals surface area contributed by atoms with Crippen LogP contribution in [0.2, 0.25) is 0 Å². The Hall–Kier alpha value is -0.730. The molecule has 0 aliphatic heterocycles. The third-order valence-corrected chi connectivity index (χ3v) is 6.06. The van der Waals surface area contributed by atoms with Crippen LogP contribution in [0.3, 0.4) is 0 Å². The molecule has 3 heteroatoms. The van der Waals surface area contributed by atoms with E-state index in [1.165, 1.54) is 44.9 Å². The van der Waals surface area contributed by atoms with Gasteiger partial charge >= 0.3 is 6.09 Å². The number of nitrogens with zero attached hydrogens (tertiary/aromatic N) is 1. The number of amides is 1. The zero-order chi connectivity index (χ0) is 14.2. The van der Waals surface area contributed by atoms with Crippen LogP contribution in [-0.2, 0) is 0 Å². The summed E-state index contributed by atoms with van der Waals surface area (Å²) < 4.78 is 0. The molecule has 4 saturated carbocycles. The van der Waals surface area contributed by atoms with Crippen molar-refractivity contribution in [3.63, 3.8) is 0 Å². The molecule has 0 saturated heterocycles. The van der Waals surface area contributed by atoms with E-state index in [1.54, 1.807) is 4.90 Å². The highest BCUT2D eigenvalue weighted by atomic mass is 16.4. The molecule has 114 valence electrons. The number of carbonyl (C=O) groups is 1. The molecule has 0 heterocycles. The first-order valence-electron chi connectivity index (χ1n) is 8.58. The molecule has 0 atom stereocenters. The fraction of sp³-hybridized carbons (Fsp3) is 0.941. The molecule has 20 heavy (non-hydrogen) atoms. The predicted molar refractivity (Wildman–Crippen MR) is 79.7 cm³/mol. The highest BCUT2D eigenvalue weighted by Crippen LogP contribution is 2.61. The molecule has 0 aromatic carbocycles. The molecule has 0 spiro atoms. The Labute approximate surface area is 122 Å². The summed E-state index contributed by atoms with van der Waals surface area (Å²) in [5, 5.41) is 9.19. The number of rotatable bonds is 6. The SMILES string of the molecule is CCCN(CCCC12CC3CC(CC(C3)C1)C2)C(=O)O. The third-order valence-electron chi connectivity index (χ3n) is 6.06. The lowest BCUT2D eigenvalue weighted by atomic mass is 9.48. The van der Waals surface area contributed by atoms with E-state index < -0.39 is 6.09 Å². The minimum absolute atomic E-state index is 0.602. The molecular weight excluding hydrogens is 250 g/mol. The van der Waals surface area contributed by atoms with Gasteiger partial charge in [-0.05, 0) is 81.0 Å². The van der Waals surface area contributed by atoms with E-state index in [0.29, 0.717) is 12.0 Å². The molecular formula is C17H29NO2. The Morgan fingerprint density at radius 3 is 2.10 bits per heavy atom. The molecule has 4 fully saturated rings. The van der Waals surface area contributed by atoms with Gasteiger partial charge in [0.05, 0.1) is 0 Å². The van der Waals surface area contributed by atoms with Crippen molar-refractivity contribution in [1.82, 2.24) is 4.90 Å². The van der Waals surface area contributed by atoms with Crippen molar-refractivity contribution in [2.45, 2.75) is 64.7 Å². The van der Waals surface area contributed by atoms with Gasteiger partial charge in [-0.2, -0.15) is 0 Å². The second kappa shape index (κ2) is 5.57. The van der Waals surface area contributed by atoms with E-state index in [9.17, 15) is 9.90 Å². The van der Waals surface area contributed by atoms with E-state index in [0.717, 1.165) is 37.1 Å². The normalized spacial score (nSPS) is 38.1. The molecule has 1 amide bonds. The summed E-state index contributed by atoms with van der Waals surface area (Å²) >= 11 is 0. The van der Waals surface area contributed by atoms with Crippen molar-refractivity contribution >= 4 is 6.09 Å². The Morgan fingerprint density at radius 1 is 1.10 bits per heavy atom. The molecule has 4 bridgehead atoms. The molecule has 0 unspecified atom stereocenters. The Kier molecular flexibility index (Phi) is 3.96. The van der Waals surface area contributed by atoms with Crippen molar-refractivity contribution in [3.8, 4) is 0 Å². The van der Waals surface area contributed by atoms with Crippen LogP contribution in [0.5, 0.6) is 0 Å². The lowest BCUT2D eigenvalue weighted by molar-refractivity contribution is -0.0588. The zero-order valence-electron chi connectivity index (χ0n) is 12.8. The number of carboxylic acid groups (broad SMARTS) is 1. The van der Waals surface area contributed by atoms with Gasteiger partial charge in [0.2, 0.25) is 0 Å². The highest BCUT2D eigenvalue weighted by molar-refractivity contribution is 5.64. The summed E-state index contributed by atoms with van der Waals surface area (Å²) in [6.07, 6.45) is 11.3. The Balaban J connectivity index is 1.52. The molecule has 3 nitrogen and oxygen atoms in total.